The first-order valence-electron chi connectivity index (χ1n) is 6.59. The Kier molecular flexibility index (Phi) is 5.62. The molecule has 2 heterocycles. The molecule has 22 heavy (non-hydrogen) atoms. The first kappa shape index (κ1) is 16.6. The Morgan fingerprint density at radius 3 is 2.82 bits per heavy atom. The van der Waals surface area contributed by atoms with Crippen LogP contribution in [0.5, 0.6) is 0 Å². The van der Waals surface area contributed by atoms with E-state index in [1.807, 2.05) is 19.1 Å². The Bertz CT molecular complexity index is 678. The van der Waals surface area contributed by atoms with Gasteiger partial charge in [0.15, 0.2) is 10.8 Å². The fourth-order valence-electron chi connectivity index (χ4n) is 1.74. The highest BCUT2D eigenvalue weighted by Gasteiger charge is 2.17. The molecule has 0 saturated carbocycles. The molecule has 0 aliphatic heterocycles. The van der Waals surface area contributed by atoms with Crippen LogP contribution in [0.2, 0.25) is 0 Å². The van der Waals surface area contributed by atoms with Gasteiger partial charge in [-0.15, -0.1) is 23.1 Å². The summed E-state index contributed by atoms with van der Waals surface area (Å²) in [4.78, 5) is 27.4. The molecule has 2 rings (SSSR count). The topological polar surface area (TPSA) is 92.4 Å². The van der Waals surface area contributed by atoms with Crippen LogP contribution in [0.3, 0.4) is 0 Å². The van der Waals surface area contributed by atoms with Gasteiger partial charge in [-0.25, -0.2) is 4.98 Å². The summed E-state index contributed by atoms with van der Waals surface area (Å²) < 4.78 is 5.51. The predicted octanol–water partition coefficient (Wildman–Crippen LogP) is 2.57. The van der Waals surface area contributed by atoms with Crippen molar-refractivity contribution in [1.29, 1.82) is 0 Å². The zero-order chi connectivity index (χ0) is 16.1. The standard InChI is InChI=1S/C14H16N2O4S2/c1-8-3-4-10(20-8)14-16-9(2)12(22-14)13(19)15-5-6-21-7-11(17)18/h3-4H,5-7H2,1-2H3,(H,15,19)(H,17,18). The summed E-state index contributed by atoms with van der Waals surface area (Å²) in [6.07, 6.45) is 0. The fraction of sp³-hybridized carbons (Fsp3) is 0.357. The normalized spacial score (nSPS) is 10.6. The molecule has 0 atom stereocenters. The molecule has 0 radical (unpaired) electrons. The number of furan rings is 1. The molecule has 0 aliphatic carbocycles. The number of nitrogens with zero attached hydrogens (tertiary/aromatic N) is 1. The van der Waals surface area contributed by atoms with Crippen LogP contribution in [0.25, 0.3) is 10.8 Å². The molecule has 0 unspecified atom stereocenters. The molecule has 8 heteroatoms. The molecule has 2 aromatic rings. The number of hydrogen-bond acceptors (Lipinski definition) is 6. The number of carbonyl (C=O) groups excluding carboxylic acids is 1. The molecule has 1 amide bonds. The largest absolute Gasteiger partial charge is 0.481 e. The van der Waals surface area contributed by atoms with E-state index in [0.29, 0.717) is 33.6 Å². The number of carbonyl (C=O) groups is 2. The zero-order valence-electron chi connectivity index (χ0n) is 12.2. The maximum atomic E-state index is 12.1. The third-order valence-electron chi connectivity index (χ3n) is 2.71. The van der Waals surface area contributed by atoms with E-state index in [-0.39, 0.29) is 11.7 Å². The molecule has 2 N–H and O–H groups in total. The van der Waals surface area contributed by atoms with Gasteiger partial charge in [0.1, 0.15) is 10.6 Å². The van der Waals surface area contributed by atoms with Crippen molar-refractivity contribution in [3.8, 4) is 10.8 Å². The molecular weight excluding hydrogens is 324 g/mol. The van der Waals surface area contributed by atoms with Crippen LogP contribution in [0.15, 0.2) is 16.5 Å². The van der Waals surface area contributed by atoms with Crippen molar-refractivity contribution in [2.75, 3.05) is 18.1 Å². The highest BCUT2D eigenvalue weighted by atomic mass is 32.2. The second-order valence-corrected chi connectivity index (χ2v) is 6.65. The van der Waals surface area contributed by atoms with E-state index in [0.717, 1.165) is 5.76 Å². The highest BCUT2D eigenvalue weighted by molar-refractivity contribution is 7.99. The summed E-state index contributed by atoms with van der Waals surface area (Å²) in [5.41, 5.74) is 0.657. The van der Waals surface area contributed by atoms with Crippen LogP contribution in [0, 0.1) is 13.8 Å². The van der Waals surface area contributed by atoms with Crippen LogP contribution in [-0.4, -0.2) is 40.0 Å². The van der Waals surface area contributed by atoms with Gasteiger partial charge in [-0.3, -0.25) is 9.59 Å². The number of aromatic nitrogens is 1. The van der Waals surface area contributed by atoms with Crippen LogP contribution in [-0.2, 0) is 4.79 Å². The number of thiazole rings is 1. The highest BCUT2D eigenvalue weighted by Crippen LogP contribution is 2.29. The van der Waals surface area contributed by atoms with Crippen LogP contribution < -0.4 is 5.32 Å². The van der Waals surface area contributed by atoms with Gasteiger partial charge in [-0.1, -0.05) is 0 Å². The smallest absolute Gasteiger partial charge is 0.313 e. The monoisotopic (exact) mass is 340 g/mol. The second-order valence-electron chi connectivity index (χ2n) is 4.55. The van der Waals surface area contributed by atoms with Crippen molar-refractivity contribution in [3.05, 3.63) is 28.5 Å². The second kappa shape index (κ2) is 7.46. The fourth-order valence-corrected chi connectivity index (χ4v) is 3.25. The summed E-state index contributed by atoms with van der Waals surface area (Å²) in [6.45, 7) is 4.06. The number of aliphatic carboxylic acids is 1. The van der Waals surface area contributed by atoms with Gasteiger partial charge in [0.25, 0.3) is 5.91 Å². The van der Waals surface area contributed by atoms with Crippen molar-refractivity contribution in [1.82, 2.24) is 10.3 Å². The lowest BCUT2D eigenvalue weighted by Gasteiger charge is -2.02. The molecule has 118 valence electrons. The van der Waals surface area contributed by atoms with Crippen molar-refractivity contribution in [3.63, 3.8) is 0 Å². The van der Waals surface area contributed by atoms with Crippen LogP contribution >= 0.6 is 23.1 Å². The third kappa shape index (κ3) is 4.35. The minimum absolute atomic E-state index is 0.0391. The Balaban J connectivity index is 1.93. The van der Waals surface area contributed by atoms with Crippen molar-refractivity contribution < 1.29 is 19.1 Å². The Labute approximate surface area is 135 Å². The number of rotatable bonds is 7. The lowest BCUT2D eigenvalue weighted by Crippen LogP contribution is -2.25. The van der Waals surface area contributed by atoms with Crippen molar-refractivity contribution in [2.45, 2.75) is 13.8 Å². The summed E-state index contributed by atoms with van der Waals surface area (Å²) in [7, 11) is 0. The first-order valence-corrected chi connectivity index (χ1v) is 8.56. The first-order chi connectivity index (χ1) is 10.5. The maximum absolute atomic E-state index is 12.1. The third-order valence-corrected chi connectivity index (χ3v) is 4.83. The van der Waals surface area contributed by atoms with Crippen LogP contribution in [0.4, 0.5) is 0 Å². The molecule has 0 aliphatic rings. The Morgan fingerprint density at radius 1 is 1.41 bits per heavy atom. The summed E-state index contributed by atoms with van der Waals surface area (Å²) in [5.74, 6) is 0.997. The lowest BCUT2D eigenvalue weighted by atomic mass is 10.3. The summed E-state index contributed by atoms with van der Waals surface area (Å²) >= 11 is 2.55. The van der Waals surface area contributed by atoms with E-state index in [1.54, 1.807) is 6.92 Å². The SMILES string of the molecule is Cc1ccc(-c2nc(C)c(C(=O)NCCSCC(=O)O)s2)o1. The molecule has 0 bridgehead atoms. The molecule has 0 fully saturated rings. The van der Waals surface area contributed by atoms with Crippen molar-refractivity contribution in [2.24, 2.45) is 0 Å². The summed E-state index contributed by atoms with van der Waals surface area (Å²) in [6, 6.07) is 3.68. The number of nitrogens with one attached hydrogen (secondary N) is 1. The minimum atomic E-state index is -0.854. The van der Waals surface area contributed by atoms with Gasteiger partial charge in [-0.05, 0) is 26.0 Å². The number of carboxylic acid groups (broad SMARTS) is 1. The summed E-state index contributed by atoms with van der Waals surface area (Å²) in [5, 5.41) is 12.0. The number of carboxylic acids is 1. The zero-order valence-corrected chi connectivity index (χ0v) is 13.8. The van der Waals surface area contributed by atoms with Gasteiger partial charge in [0, 0.05) is 12.3 Å². The molecule has 0 aromatic carbocycles. The minimum Gasteiger partial charge on any atom is -0.481 e. The van der Waals surface area contributed by atoms with Gasteiger partial charge in [-0.2, -0.15) is 0 Å². The van der Waals surface area contributed by atoms with E-state index in [9.17, 15) is 9.59 Å². The number of amides is 1. The number of thioether (sulfide) groups is 1. The van der Waals surface area contributed by atoms with Gasteiger partial charge in [0.2, 0.25) is 0 Å². The van der Waals surface area contributed by atoms with Crippen LogP contribution in [0.1, 0.15) is 21.1 Å². The molecule has 0 spiro atoms. The maximum Gasteiger partial charge on any atom is 0.313 e. The van der Waals surface area contributed by atoms with Gasteiger partial charge in [0.05, 0.1) is 11.4 Å². The molecular formula is C14H16N2O4S2. The quantitative estimate of drug-likeness (QED) is 0.753. The van der Waals surface area contributed by atoms with E-state index in [1.165, 1.54) is 23.1 Å². The number of aryl methyl sites for hydroxylation is 2. The van der Waals surface area contributed by atoms with E-state index in [2.05, 4.69) is 10.3 Å². The van der Waals surface area contributed by atoms with Gasteiger partial charge < -0.3 is 14.8 Å². The average molecular weight is 340 g/mol. The van der Waals surface area contributed by atoms with Crippen molar-refractivity contribution >= 4 is 35.0 Å². The predicted molar refractivity (Wildman–Crippen MR) is 86.6 cm³/mol. The Morgan fingerprint density at radius 2 is 2.18 bits per heavy atom. The Hall–Kier alpha value is -1.80. The molecule has 6 nitrogen and oxygen atoms in total. The molecule has 2 aromatic heterocycles. The average Bonchev–Trinajstić information content (AvgIpc) is 3.04. The number of hydrogen-bond donors (Lipinski definition) is 2. The van der Waals surface area contributed by atoms with E-state index < -0.39 is 5.97 Å². The van der Waals surface area contributed by atoms with E-state index in [4.69, 9.17) is 9.52 Å². The van der Waals surface area contributed by atoms with Gasteiger partial charge >= 0.3 is 5.97 Å². The molecule has 0 saturated heterocycles. The lowest BCUT2D eigenvalue weighted by molar-refractivity contribution is -0.133. The van der Waals surface area contributed by atoms with E-state index >= 15 is 0 Å².